The van der Waals surface area contributed by atoms with Crippen molar-refractivity contribution < 1.29 is 22.7 Å². The Bertz CT molecular complexity index is 1010. The molecule has 0 atom stereocenters. The number of amides is 1. The number of anilines is 1. The Morgan fingerprint density at radius 2 is 1.67 bits per heavy atom. The lowest BCUT2D eigenvalue weighted by molar-refractivity contribution is -0.274. The summed E-state index contributed by atoms with van der Waals surface area (Å²) in [6, 6.07) is 11.1. The monoisotopic (exact) mass is 413 g/mol. The molecule has 0 aliphatic heterocycles. The molecule has 0 radical (unpaired) electrons. The number of halogens is 4. The Morgan fingerprint density at radius 1 is 1.04 bits per heavy atom. The largest absolute Gasteiger partial charge is 0.573 e. The number of alkyl halides is 3. The first-order chi connectivity index (χ1) is 12.7. The van der Waals surface area contributed by atoms with Crippen molar-refractivity contribution in [2.24, 2.45) is 0 Å². The van der Waals surface area contributed by atoms with Crippen molar-refractivity contribution in [2.45, 2.75) is 6.36 Å². The van der Waals surface area contributed by atoms with E-state index in [0.29, 0.717) is 5.02 Å². The van der Waals surface area contributed by atoms with Gasteiger partial charge < -0.3 is 10.1 Å². The summed E-state index contributed by atoms with van der Waals surface area (Å²) in [6.45, 7) is 0. The second-order valence-corrected chi connectivity index (χ2v) is 6.10. The van der Waals surface area contributed by atoms with Crippen molar-refractivity contribution >= 4 is 35.5 Å². The summed E-state index contributed by atoms with van der Waals surface area (Å²) in [7, 11) is 0. The van der Waals surface area contributed by atoms with Crippen molar-refractivity contribution in [3.8, 4) is 11.4 Å². The van der Waals surface area contributed by atoms with Crippen molar-refractivity contribution in [2.75, 3.05) is 5.32 Å². The molecule has 10 heteroatoms. The van der Waals surface area contributed by atoms with Gasteiger partial charge in [-0.25, -0.2) is 9.36 Å². The van der Waals surface area contributed by atoms with Gasteiger partial charge in [-0.2, -0.15) is 0 Å². The summed E-state index contributed by atoms with van der Waals surface area (Å²) in [5, 5.41) is 3.12. The van der Waals surface area contributed by atoms with Crippen molar-refractivity contribution in [1.29, 1.82) is 0 Å². The van der Waals surface area contributed by atoms with Crippen LogP contribution in [0.2, 0.25) is 5.02 Å². The molecule has 3 rings (SSSR count). The lowest BCUT2D eigenvalue weighted by Gasteiger charge is -2.10. The van der Waals surface area contributed by atoms with E-state index < -0.39 is 12.4 Å². The van der Waals surface area contributed by atoms with Crippen LogP contribution in [-0.4, -0.2) is 21.5 Å². The normalized spacial score (nSPS) is 11.3. The predicted molar refractivity (Wildman–Crippen MR) is 97.1 cm³/mol. The minimum absolute atomic E-state index is 0.215. The zero-order valence-electron chi connectivity index (χ0n) is 13.4. The number of nitrogens with zero attached hydrogens (tertiary/aromatic N) is 2. The summed E-state index contributed by atoms with van der Waals surface area (Å²) in [4.78, 5) is 12.4. The van der Waals surface area contributed by atoms with E-state index in [1.54, 1.807) is 35.0 Å². The fourth-order valence-electron chi connectivity index (χ4n) is 2.25. The lowest BCUT2D eigenvalue weighted by atomic mass is 10.3. The van der Waals surface area contributed by atoms with Crippen molar-refractivity contribution in [1.82, 2.24) is 9.13 Å². The van der Waals surface area contributed by atoms with Crippen LogP contribution in [0.15, 0.2) is 60.9 Å². The molecule has 0 saturated carbocycles. The van der Waals surface area contributed by atoms with Gasteiger partial charge in [0.25, 0.3) is 0 Å². The number of nitrogens with one attached hydrogen (secondary N) is 1. The number of carbonyl (C=O) groups excluding carboxylic acids is 1. The third-order valence-electron chi connectivity index (χ3n) is 3.44. The van der Waals surface area contributed by atoms with Crippen LogP contribution in [0.4, 0.5) is 23.7 Å². The zero-order valence-corrected chi connectivity index (χ0v) is 15.0. The van der Waals surface area contributed by atoms with Crippen LogP contribution in [0.3, 0.4) is 0 Å². The molecule has 0 unspecified atom stereocenters. The average molecular weight is 414 g/mol. The van der Waals surface area contributed by atoms with E-state index >= 15 is 0 Å². The highest BCUT2D eigenvalue weighted by Gasteiger charge is 2.30. The molecular weight excluding hydrogens is 403 g/mol. The van der Waals surface area contributed by atoms with Crippen LogP contribution in [0.25, 0.3) is 5.69 Å². The number of imidazole rings is 1. The van der Waals surface area contributed by atoms with E-state index in [4.69, 9.17) is 23.8 Å². The van der Waals surface area contributed by atoms with Gasteiger partial charge in [0.1, 0.15) is 5.75 Å². The fraction of sp³-hybridized carbons (Fsp3) is 0.0588. The number of benzene rings is 2. The summed E-state index contributed by atoms with van der Waals surface area (Å²) in [6.07, 6.45) is -1.68. The van der Waals surface area contributed by atoms with Crippen molar-refractivity contribution in [3.05, 3.63) is 70.7 Å². The number of ether oxygens (including phenoxy) is 1. The van der Waals surface area contributed by atoms with Gasteiger partial charge in [-0.3, -0.25) is 4.57 Å². The summed E-state index contributed by atoms with van der Waals surface area (Å²) < 4.78 is 43.3. The molecule has 5 nitrogen and oxygen atoms in total. The minimum Gasteiger partial charge on any atom is -0.406 e. The van der Waals surface area contributed by atoms with E-state index in [1.807, 2.05) is 0 Å². The summed E-state index contributed by atoms with van der Waals surface area (Å²) >= 11 is 11.2. The topological polar surface area (TPSA) is 48.2 Å². The van der Waals surface area contributed by atoms with Gasteiger partial charge >= 0.3 is 12.4 Å². The van der Waals surface area contributed by atoms with E-state index in [0.717, 1.165) is 17.8 Å². The van der Waals surface area contributed by atoms with Crippen LogP contribution in [0.5, 0.6) is 5.75 Å². The van der Waals surface area contributed by atoms with Gasteiger partial charge in [0.2, 0.25) is 0 Å². The Hall–Kier alpha value is -2.78. The van der Waals surface area contributed by atoms with Crippen LogP contribution in [0, 0.1) is 4.77 Å². The standard InChI is InChI=1S/C17H11ClF3N3O2S/c18-11-1-5-13(6-2-11)23-9-10-24(16(23)27)15(25)22-12-3-7-14(8-4-12)26-17(19,20)21/h1-10H,(H,22,25). The Morgan fingerprint density at radius 3 is 2.26 bits per heavy atom. The molecule has 1 N–H and O–H groups in total. The second-order valence-electron chi connectivity index (χ2n) is 5.30. The van der Waals surface area contributed by atoms with Gasteiger partial charge in [-0.05, 0) is 60.7 Å². The van der Waals surface area contributed by atoms with Gasteiger partial charge in [0.15, 0.2) is 4.77 Å². The lowest BCUT2D eigenvalue weighted by Crippen LogP contribution is -2.19. The molecule has 1 aromatic heterocycles. The second kappa shape index (κ2) is 7.45. The molecule has 2 aromatic carbocycles. The first kappa shape index (κ1) is 19.0. The van der Waals surface area contributed by atoms with E-state index in [-0.39, 0.29) is 16.2 Å². The number of hydrogen-bond acceptors (Lipinski definition) is 3. The van der Waals surface area contributed by atoms with E-state index in [2.05, 4.69) is 10.1 Å². The Labute approximate surface area is 161 Å². The number of carbonyl (C=O) groups is 1. The third kappa shape index (κ3) is 4.69. The quantitative estimate of drug-likeness (QED) is 0.565. The van der Waals surface area contributed by atoms with Crippen LogP contribution in [0.1, 0.15) is 0 Å². The molecule has 3 aromatic rings. The molecule has 140 valence electrons. The molecule has 1 heterocycles. The maximum Gasteiger partial charge on any atom is 0.573 e. The molecule has 0 aliphatic carbocycles. The highest BCUT2D eigenvalue weighted by Crippen LogP contribution is 2.24. The fourth-order valence-corrected chi connectivity index (χ4v) is 2.69. The SMILES string of the molecule is O=C(Nc1ccc(OC(F)(F)F)cc1)n1ccn(-c2ccc(Cl)cc2)c1=S. The van der Waals surface area contributed by atoms with E-state index in [9.17, 15) is 18.0 Å². The number of aromatic nitrogens is 2. The smallest absolute Gasteiger partial charge is 0.406 e. The molecule has 0 saturated heterocycles. The third-order valence-corrected chi connectivity index (χ3v) is 4.09. The Kier molecular flexibility index (Phi) is 5.24. The van der Waals surface area contributed by atoms with Gasteiger partial charge in [0.05, 0.1) is 0 Å². The number of rotatable bonds is 3. The molecular formula is C17H11ClF3N3O2S. The molecule has 0 bridgehead atoms. The van der Waals surface area contributed by atoms with Crippen molar-refractivity contribution in [3.63, 3.8) is 0 Å². The highest BCUT2D eigenvalue weighted by atomic mass is 35.5. The first-order valence-corrected chi connectivity index (χ1v) is 8.25. The highest BCUT2D eigenvalue weighted by molar-refractivity contribution is 7.71. The summed E-state index contributed by atoms with van der Waals surface area (Å²) in [5.74, 6) is -0.383. The van der Waals surface area contributed by atoms with Crippen LogP contribution >= 0.6 is 23.8 Å². The van der Waals surface area contributed by atoms with Gasteiger partial charge in [0, 0.05) is 28.8 Å². The molecule has 0 fully saturated rings. The van der Waals surface area contributed by atoms with E-state index in [1.165, 1.54) is 22.9 Å². The number of hydrogen-bond donors (Lipinski definition) is 1. The van der Waals surface area contributed by atoms with Crippen LogP contribution < -0.4 is 10.1 Å². The van der Waals surface area contributed by atoms with Gasteiger partial charge in [-0.15, -0.1) is 13.2 Å². The molecule has 27 heavy (non-hydrogen) atoms. The van der Waals surface area contributed by atoms with Crippen LogP contribution in [-0.2, 0) is 0 Å². The molecule has 1 amide bonds. The summed E-state index contributed by atoms with van der Waals surface area (Å²) in [5.41, 5.74) is 1.01. The molecule has 0 spiro atoms. The predicted octanol–water partition coefficient (Wildman–Crippen LogP) is 5.64. The average Bonchev–Trinajstić information content (AvgIpc) is 2.98. The maximum atomic E-state index is 12.4. The molecule has 0 aliphatic rings. The zero-order chi connectivity index (χ0) is 19.6. The van der Waals surface area contributed by atoms with Gasteiger partial charge in [-0.1, -0.05) is 11.6 Å². The Balaban J connectivity index is 1.75. The minimum atomic E-state index is -4.78. The maximum absolute atomic E-state index is 12.4. The first-order valence-electron chi connectivity index (χ1n) is 7.46.